The highest BCUT2D eigenvalue weighted by Crippen LogP contribution is 2.20. The highest BCUT2D eigenvalue weighted by Gasteiger charge is 2.26. The van der Waals surface area contributed by atoms with E-state index < -0.39 is 0 Å². The molecule has 0 saturated carbocycles. The summed E-state index contributed by atoms with van der Waals surface area (Å²) < 4.78 is 0. The molecule has 0 aliphatic carbocycles. The second-order valence-electron chi connectivity index (χ2n) is 5.71. The zero-order valence-electron chi connectivity index (χ0n) is 12.7. The number of hydrogen-bond acceptors (Lipinski definition) is 5. The van der Waals surface area contributed by atoms with Gasteiger partial charge in [0, 0.05) is 24.7 Å². The number of thiazole rings is 1. The number of aryl methyl sites for hydroxylation is 1. The van der Waals surface area contributed by atoms with Crippen LogP contribution in [0.2, 0.25) is 0 Å². The lowest BCUT2D eigenvalue weighted by molar-refractivity contribution is -0.121. The Morgan fingerprint density at radius 1 is 1.50 bits per heavy atom. The van der Waals surface area contributed by atoms with Gasteiger partial charge in [0.1, 0.15) is 5.82 Å². The van der Waals surface area contributed by atoms with Crippen LogP contribution in [0.15, 0.2) is 29.2 Å². The molecule has 1 aliphatic heterocycles. The van der Waals surface area contributed by atoms with E-state index in [4.69, 9.17) is 0 Å². The SMILES string of the molecule is Cc1cccnc1NC(=O)[C@H]1CCCN(Cc2cscn2)C1. The molecule has 3 rings (SSSR count). The molecule has 1 N–H and O–H groups in total. The summed E-state index contributed by atoms with van der Waals surface area (Å²) in [6.07, 6.45) is 3.69. The molecule has 5 nitrogen and oxygen atoms in total. The fourth-order valence-corrected chi connectivity index (χ4v) is 3.34. The highest BCUT2D eigenvalue weighted by atomic mass is 32.1. The second kappa shape index (κ2) is 6.98. The number of carbonyl (C=O) groups excluding carboxylic acids is 1. The molecule has 3 heterocycles. The Balaban J connectivity index is 1.59. The molecule has 1 aliphatic rings. The number of nitrogens with zero attached hydrogens (tertiary/aromatic N) is 3. The number of rotatable bonds is 4. The molecule has 1 amide bonds. The smallest absolute Gasteiger partial charge is 0.229 e. The molecular weight excluding hydrogens is 296 g/mol. The molecule has 6 heteroatoms. The average Bonchev–Trinajstić information content (AvgIpc) is 3.03. The van der Waals surface area contributed by atoms with Crippen LogP contribution < -0.4 is 5.32 Å². The maximum Gasteiger partial charge on any atom is 0.229 e. The standard InChI is InChI=1S/C16H20N4OS/c1-12-4-2-6-17-15(12)19-16(21)13-5-3-7-20(8-13)9-14-10-22-11-18-14/h2,4,6,10-11,13H,3,5,7-9H2,1H3,(H,17,19,21)/t13-/m0/s1. The summed E-state index contributed by atoms with van der Waals surface area (Å²) >= 11 is 1.61. The molecule has 1 fully saturated rings. The third kappa shape index (κ3) is 3.69. The average molecular weight is 316 g/mol. The van der Waals surface area contributed by atoms with Crippen molar-refractivity contribution < 1.29 is 4.79 Å². The molecule has 2 aromatic rings. The third-order valence-corrected chi connectivity index (χ3v) is 4.63. The monoisotopic (exact) mass is 316 g/mol. The first-order chi connectivity index (χ1) is 10.7. The summed E-state index contributed by atoms with van der Waals surface area (Å²) in [6.45, 7) is 4.60. The molecule has 1 saturated heterocycles. The molecular formula is C16H20N4OS. The van der Waals surface area contributed by atoms with Crippen molar-refractivity contribution in [3.63, 3.8) is 0 Å². The predicted molar refractivity (Wildman–Crippen MR) is 87.7 cm³/mol. The molecule has 0 unspecified atom stereocenters. The predicted octanol–water partition coefficient (Wildman–Crippen LogP) is 2.70. The Morgan fingerprint density at radius 3 is 3.18 bits per heavy atom. The van der Waals surface area contributed by atoms with Crippen molar-refractivity contribution in [1.29, 1.82) is 0 Å². The molecule has 2 aromatic heterocycles. The second-order valence-corrected chi connectivity index (χ2v) is 6.43. The summed E-state index contributed by atoms with van der Waals surface area (Å²) in [5.74, 6) is 0.766. The van der Waals surface area contributed by atoms with Crippen LogP contribution in [0.25, 0.3) is 0 Å². The molecule has 22 heavy (non-hydrogen) atoms. The van der Waals surface area contributed by atoms with Gasteiger partial charge in [0.2, 0.25) is 5.91 Å². The van der Waals surface area contributed by atoms with Gasteiger partial charge < -0.3 is 5.32 Å². The first-order valence-corrected chi connectivity index (χ1v) is 8.48. The number of carbonyl (C=O) groups is 1. The first-order valence-electron chi connectivity index (χ1n) is 7.54. The molecule has 116 valence electrons. The van der Waals surface area contributed by atoms with Crippen molar-refractivity contribution in [2.75, 3.05) is 18.4 Å². The van der Waals surface area contributed by atoms with Crippen LogP contribution in [0.3, 0.4) is 0 Å². The lowest BCUT2D eigenvalue weighted by atomic mass is 9.97. The zero-order chi connectivity index (χ0) is 15.4. The topological polar surface area (TPSA) is 58.1 Å². The number of nitrogens with one attached hydrogen (secondary N) is 1. The molecule has 0 bridgehead atoms. The lowest BCUT2D eigenvalue weighted by Crippen LogP contribution is -2.40. The van der Waals surface area contributed by atoms with E-state index in [-0.39, 0.29) is 11.8 Å². The van der Waals surface area contributed by atoms with Gasteiger partial charge in [0.25, 0.3) is 0 Å². The highest BCUT2D eigenvalue weighted by molar-refractivity contribution is 7.07. The quantitative estimate of drug-likeness (QED) is 0.942. The van der Waals surface area contributed by atoms with Crippen molar-refractivity contribution >= 4 is 23.1 Å². The normalized spacial score (nSPS) is 19.0. The van der Waals surface area contributed by atoms with Gasteiger partial charge in [-0.1, -0.05) is 6.07 Å². The van der Waals surface area contributed by atoms with Crippen molar-refractivity contribution in [2.24, 2.45) is 5.92 Å². The fourth-order valence-electron chi connectivity index (χ4n) is 2.79. The van der Waals surface area contributed by atoms with Crippen LogP contribution in [0.1, 0.15) is 24.1 Å². The Morgan fingerprint density at radius 2 is 2.41 bits per heavy atom. The van der Waals surface area contributed by atoms with E-state index in [1.54, 1.807) is 17.5 Å². The summed E-state index contributed by atoms with van der Waals surface area (Å²) in [4.78, 5) is 23.4. The lowest BCUT2D eigenvalue weighted by Gasteiger charge is -2.31. The molecule has 1 atom stereocenters. The number of amides is 1. The van der Waals surface area contributed by atoms with E-state index in [1.807, 2.05) is 24.6 Å². The molecule has 0 aromatic carbocycles. The van der Waals surface area contributed by atoms with E-state index in [0.717, 1.165) is 43.7 Å². The summed E-state index contributed by atoms with van der Waals surface area (Å²) in [7, 11) is 0. The van der Waals surface area contributed by atoms with Gasteiger partial charge in [-0.3, -0.25) is 9.69 Å². The van der Waals surface area contributed by atoms with Crippen molar-refractivity contribution in [1.82, 2.24) is 14.9 Å². The van der Waals surface area contributed by atoms with Gasteiger partial charge in [-0.05, 0) is 37.9 Å². The number of piperidine rings is 1. The third-order valence-electron chi connectivity index (χ3n) is 4.00. The summed E-state index contributed by atoms with van der Waals surface area (Å²) in [6, 6.07) is 3.83. The number of hydrogen-bond donors (Lipinski definition) is 1. The van der Waals surface area contributed by atoms with E-state index in [9.17, 15) is 4.79 Å². The Bertz CT molecular complexity index is 629. The van der Waals surface area contributed by atoms with Crippen LogP contribution in [-0.2, 0) is 11.3 Å². The van der Waals surface area contributed by atoms with Crippen LogP contribution in [0, 0.1) is 12.8 Å². The maximum absolute atomic E-state index is 12.5. The van der Waals surface area contributed by atoms with Gasteiger partial charge in [0.15, 0.2) is 0 Å². The van der Waals surface area contributed by atoms with Gasteiger partial charge in [-0.15, -0.1) is 11.3 Å². The van der Waals surface area contributed by atoms with Gasteiger partial charge in [0.05, 0.1) is 17.1 Å². The summed E-state index contributed by atoms with van der Waals surface area (Å²) in [5.41, 5.74) is 3.94. The van der Waals surface area contributed by atoms with Crippen molar-refractivity contribution in [2.45, 2.75) is 26.3 Å². The Labute approximate surface area is 134 Å². The molecule has 0 spiro atoms. The number of pyridine rings is 1. The number of aromatic nitrogens is 2. The molecule has 0 radical (unpaired) electrons. The number of anilines is 1. The minimum absolute atomic E-state index is 0.0220. The van der Waals surface area contributed by atoms with Crippen molar-refractivity contribution in [3.05, 3.63) is 40.5 Å². The van der Waals surface area contributed by atoms with E-state index in [0.29, 0.717) is 5.82 Å². The minimum atomic E-state index is 0.0220. The zero-order valence-corrected chi connectivity index (χ0v) is 13.5. The fraction of sp³-hybridized carbons (Fsp3) is 0.438. The van der Waals surface area contributed by atoms with Crippen LogP contribution >= 0.6 is 11.3 Å². The van der Waals surface area contributed by atoms with Crippen LogP contribution in [0.5, 0.6) is 0 Å². The summed E-state index contributed by atoms with van der Waals surface area (Å²) in [5, 5.41) is 5.04. The number of likely N-dealkylation sites (tertiary alicyclic amines) is 1. The van der Waals surface area contributed by atoms with E-state index in [1.165, 1.54) is 0 Å². The van der Waals surface area contributed by atoms with Crippen LogP contribution in [0.4, 0.5) is 5.82 Å². The van der Waals surface area contributed by atoms with E-state index >= 15 is 0 Å². The first kappa shape index (κ1) is 15.1. The van der Waals surface area contributed by atoms with Gasteiger partial charge in [-0.25, -0.2) is 9.97 Å². The largest absolute Gasteiger partial charge is 0.310 e. The van der Waals surface area contributed by atoms with Crippen LogP contribution in [-0.4, -0.2) is 33.9 Å². The van der Waals surface area contributed by atoms with E-state index in [2.05, 4.69) is 25.6 Å². The van der Waals surface area contributed by atoms with Crippen molar-refractivity contribution in [3.8, 4) is 0 Å². The Kier molecular flexibility index (Phi) is 4.80. The minimum Gasteiger partial charge on any atom is -0.310 e. The Hall–Kier alpha value is -1.79. The van der Waals surface area contributed by atoms with Gasteiger partial charge >= 0.3 is 0 Å². The van der Waals surface area contributed by atoms with Gasteiger partial charge in [-0.2, -0.15) is 0 Å². The maximum atomic E-state index is 12.5.